The van der Waals surface area contributed by atoms with Gasteiger partial charge in [0, 0.05) is 6.42 Å². The second-order valence-electron chi connectivity index (χ2n) is 4.28. The largest absolute Gasteiger partial charge is 0.345 e. The third-order valence-electron chi connectivity index (χ3n) is 3.00. The minimum atomic E-state index is -0.158. The zero-order valence-corrected chi connectivity index (χ0v) is 10.4. The van der Waals surface area contributed by atoms with Crippen molar-refractivity contribution in [3.8, 4) is 0 Å². The van der Waals surface area contributed by atoms with Crippen LogP contribution < -0.4 is 0 Å². The molecular formula is C12H28NO+. The predicted octanol–water partition coefficient (Wildman–Crippen LogP) is 2.76. The highest BCUT2D eigenvalue weighted by Crippen LogP contribution is 2.18. The smallest absolute Gasteiger partial charge is 0.190 e. The summed E-state index contributed by atoms with van der Waals surface area (Å²) in [6.45, 7) is 12.1. The Bertz CT molecular complexity index is 119. The highest BCUT2D eigenvalue weighted by Gasteiger charge is 2.31. The van der Waals surface area contributed by atoms with Crippen LogP contribution in [0.15, 0.2) is 0 Å². The van der Waals surface area contributed by atoms with E-state index in [0.29, 0.717) is 0 Å². The molecule has 0 spiro atoms. The minimum absolute atomic E-state index is 0.158. The number of aliphatic hydroxyl groups is 1. The lowest BCUT2D eigenvalue weighted by Gasteiger charge is -2.42. The van der Waals surface area contributed by atoms with E-state index in [-0.39, 0.29) is 6.23 Å². The fourth-order valence-corrected chi connectivity index (χ4v) is 2.51. The van der Waals surface area contributed by atoms with Crippen molar-refractivity contribution in [3.05, 3.63) is 0 Å². The molecule has 0 aromatic rings. The van der Waals surface area contributed by atoms with Crippen LogP contribution in [0.5, 0.6) is 0 Å². The number of aliphatic hydroxyl groups excluding tert-OH is 1. The lowest BCUT2D eigenvalue weighted by Crippen LogP contribution is -2.56. The van der Waals surface area contributed by atoms with Crippen molar-refractivity contribution < 1.29 is 9.59 Å². The van der Waals surface area contributed by atoms with Gasteiger partial charge in [0.05, 0.1) is 19.6 Å². The van der Waals surface area contributed by atoms with Gasteiger partial charge in [-0.15, -0.1) is 0 Å². The Morgan fingerprint density at radius 2 is 1.21 bits per heavy atom. The van der Waals surface area contributed by atoms with E-state index in [1.54, 1.807) is 0 Å². The third-order valence-corrected chi connectivity index (χ3v) is 3.00. The molecule has 0 aromatic heterocycles. The molecule has 0 bridgehead atoms. The maximum atomic E-state index is 10.1. The van der Waals surface area contributed by atoms with Crippen LogP contribution in [-0.4, -0.2) is 35.5 Å². The molecule has 86 valence electrons. The summed E-state index contributed by atoms with van der Waals surface area (Å²) in [4.78, 5) is 0. The molecule has 0 saturated carbocycles. The monoisotopic (exact) mass is 202 g/mol. The van der Waals surface area contributed by atoms with Gasteiger partial charge in [-0.3, -0.25) is 4.48 Å². The molecule has 0 amide bonds. The Labute approximate surface area is 89.5 Å². The van der Waals surface area contributed by atoms with Crippen LogP contribution in [0, 0.1) is 0 Å². The second kappa shape index (κ2) is 7.24. The Hall–Kier alpha value is -0.0800. The van der Waals surface area contributed by atoms with E-state index in [2.05, 4.69) is 27.7 Å². The molecule has 0 aliphatic carbocycles. The van der Waals surface area contributed by atoms with Gasteiger partial charge in [-0.1, -0.05) is 27.7 Å². The van der Waals surface area contributed by atoms with E-state index in [4.69, 9.17) is 0 Å². The van der Waals surface area contributed by atoms with Crippen LogP contribution in [0.1, 0.15) is 53.4 Å². The van der Waals surface area contributed by atoms with Crippen molar-refractivity contribution in [2.75, 3.05) is 19.6 Å². The zero-order chi connectivity index (χ0) is 11.0. The Morgan fingerprint density at radius 1 is 0.857 bits per heavy atom. The summed E-state index contributed by atoms with van der Waals surface area (Å²) in [5, 5.41) is 10.1. The second-order valence-corrected chi connectivity index (χ2v) is 4.28. The van der Waals surface area contributed by atoms with Gasteiger partial charge in [-0.05, 0) is 19.3 Å². The Morgan fingerprint density at radius 3 is 1.43 bits per heavy atom. The average molecular weight is 202 g/mol. The first-order chi connectivity index (χ1) is 6.66. The summed E-state index contributed by atoms with van der Waals surface area (Å²) in [7, 11) is 0. The van der Waals surface area contributed by atoms with Crippen molar-refractivity contribution in [1.29, 1.82) is 0 Å². The van der Waals surface area contributed by atoms with Gasteiger partial charge >= 0.3 is 0 Å². The summed E-state index contributed by atoms with van der Waals surface area (Å²) in [6, 6.07) is 0. The van der Waals surface area contributed by atoms with Gasteiger partial charge in [0.25, 0.3) is 0 Å². The normalized spacial score (nSPS) is 14.4. The van der Waals surface area contributed by atoms with E-state index in [9.17, 15) is 5.11 Å². The van der Waals surface area contributed by atoms with E-state index in [1.165, 1.54) is 0 Å². The number of nitrogens with zero attached hydrogens (tertiary/aromatic N) is 1. The molecule has 1 unspecified atom stereocenters. The number of rotatable bonds is 8. The molecule has 0 aliphatic rings. The molecule has 0 heterocycles. The molecule has 2 heteroatoms. The number of hydrogen-bond donors (Lipinski definition) is 1. The maximum Gasteiger partial charge on any atom is 0.190 e. The first-order valence-corrected chi connectivity index (χ1v) is 6.20. The van der Waals surface area contributed by atoms with Gasteiger partial charge in [-0.25, -0.2) is 0 Å². The Balaban J connectivity index is 4.53. The van der Waals surface area contributed by atoms with Crippen LogP contribution in [-0.2, 0) is 0 Å². The molecule has 0 radical (unpaired) electrons. The number of quaternary nitrogens is 1. The lowest BCUT2D eigenvalue weighted by molar-refractivity contribution is -0.971. The fourth-order valence-electron chi connectivity index (χ4n) is 2.51. The van der Waals surface area contributed by atoms with E-state index in [1.807, 2.05) is 0 Å². The highest BCUT2D eigenvalue weighted by molar-refractivity contribution is 4.48. The summed E-state index contributed by atoms with van der Waals surface area (Å²) in [6.07, 6.45) is 4.21. The van der Waals surface area contributed by atoms with Crippen molar-refractivity contribution in [1.82, 2.24) is 0 Å². The van der Waals surface area contributed by atoms with Gasteiger partial charge in [0.15, 0.2) is 6.23 Å². The Kier molecular flexibility index (Phi) is 7.20. The van der Waals surface area contributed by atoms with E-state index < -0.39 is 0 Å². The zero-order valence-electron chi connectivity index (χ0n) is 10.4. The van der Waals surface area contributed by atoms with Gasteiger partial charge in [-0.2, -0.15) is 0 Å². The van der Waals surface area contributed by atoms with Gasteiger partial charge in [0.1, 0.15) is 0 Å². The summed E-state index contributed by atoms with van der Waals surface area (Å²) in [5.41, 5.74) is 0. The molecular weight excluding hydrogens is 174 g/mol. The SMILES string of the molecule is CCC[N+](CCC)(CCC)C(O)CC. The van der Waals surface area contributed by atoms with Gasteiger partial charge in [0.2, 0.25) is 0 Å². The molecule has 1 N–H and O–H groups in total. The molecule has 1 atom stereocenters. The molecule has 0 fully saturated rings. The van der Waals surface area contributed by atoms with Gasteiger partial charge < -0.3 is 5.11 Å². The molecule has 0 rings (SSSR count). The first kappa shape index (κ1) is 13.9. The molecule has 2 nitrogen and oxygen atoms in total. The fraction of sp³-hybridized carbons (Fsp3) is 1.00. The molecule has 0 aliphatic heterocycles. The third kappa shape index (κ3) is 3.58. The molecule has 0 aromatic carbocycles. The van der Waals surface area contributed by atoms with E-state index in [0.717, 1.165) is 49.8 Å². The molecule has 0 saturated heterocycles. The molecule has 14 heavy (non-hydrogen) atoms. The topological polar surface area (TPSA) is 20.2 Å². The standard InChI is InChI=1S/C12H28NO/c1-5-9-13(10-6-2,11-7-3)12(14)8-4/h12,14H,5-11H2,1-4H3/q+1. The van der Waals surface area contributed by atoms with Crippen LogP contribution >= 0.6 is 0 Å². The summed E-state index contributed by atoms with van der Waals surface area (Å²) < 4.78 is 0.917. The predicted molar refractivity (Wildman–Crippen MR) is 62.0 cm³/mol. The summed E-state index contributed by atoms with van der Waals surface area (Å²) >= 11 is 0. The quantitative estimate of drug-likeness (QED) is 0.474. The minimum Gasteiger partial charge on any atom is -0.345 e. The van der Waals surface area contributed by atoms with Crippen LogP contribution in [0.4, 0.5) is 0 Å². The van der Waals surface area contributed by atoms with Crippen molar-refractivity contribution in [2.24, 2.45) is 0 Å². The highest BCUT2D eigenvalue weighted by atomic mass is 16.3. The van der Waals surface area contributed by atoms with Crippen molar-refractivity contribution in [3.63, 3.8) is 0 Å². The van der Waals surface area contributed by atoms with Crippen molar-refractivity contribution >= 4 is 0 Å². The van der Waals surface area contributed by atoms with Crippen LogP contribution in [0.3, 0.4) is 0 Å². The lowest BCUT2D eigenvalue weighted by atomic mass is 10.2. The summed E-state index contributed by atoms with van der Waals surface area (Å²) in [5.74, 6) is 0. The average Bonchev–Trinajstić information content (AvgIpc) is 2.17. The maximum absolute atomic E-state index is 10.1. The number of hydrogen-bond acceptors (Lipinski definition) is 1. The first-order valence-electron chi connectivity index (χ1n) is 6.20. The van der Waals surface area contributed by atoms with Crippen molar-refractivity contribution in [2.45, 2.75) is 59.6 Å². The van der Waals surface area contributed by atoms with Crippen LogP contribution in [0.2, 0.25) is 0 Å². The van der Waals surface area contributed by atoms with E-state index >= 15 is 0 Å². The van der Waals surface area contributed by atoms with Crippen LogP contribution in [0.25, 0.3) is 0 Å².